The molecule has 2 heterocycles. The lowest BCUT2D eigenvalue weighted by Crippen LogP contribution is -2.12. The van der Waals surface area contributed by atoms with Gasteiger partial charge in [-0.1, -0.05) is 12.1 Å². The summed E-state index contributed by atoms with van der Waals surface area (Å²) in [5.41, 5.74) is 3.02. The summed E-state index contributed by atoms with van der Waals surface area (Å²) in [5.74, 6) is 0.178. The number of carbonyl (C=O) groups excluding carboxylic acids is 1. The van der Waals surface area contributed by atoms with Crippen LogP contribution in [0.3, 0.4) is 0 Å². The normalized spacial score (nSPS) is 19.5. The molecule has 1 aliphatic rings. The maximum atomic E-state index is 12.3. The fourth-order valence-corrected chi connectivity index (χ4v) is 2.59. The molecule has 2 aromatic rings. The number of H-pyrrole nitrogens is 1. The van der Waals surface area contributed by atoms with Gasteiger partial charge in [-0.2, -0.15) is 0 Å². The number of benzene rings is 1. The van der Waals surface area contributed by atoms with Crippen LogP contribution in [0, 0.1) is 6.92 Å². The highest BCUT2D eigenvalue weighted by molar-refractivity contribution is 6.08. The lowest BCUT2D eigenvalue weighted by Gasteiger charge is -2.07. The smallest absolute Gasteiger partial charge is 0.167 e. The van der Waals surface area contributed by atoms with E-state index < -0.39 is 0 Å². The van der Waals surface area contributed by atoms with Crippen molar-refractivity contribution in [3.8, 4) is 0 Å². The SMILES string of the molecule is Cc1ccc2c(C(=O)CC3CCCO3)c[nH]c2c1. The zero-order chi connectivity index (χ0) is 12.5. The van der Waals surface area contributed by atoms with Gasteiger partial charge in [-0.05, 0) is 31.4 Å². The number of ether oxygens (including phenoxy) is 1. The number of fused-ring (bicyclic) bond motifs is 1. The molecule has 1 aliphatic heterocycles. The molecule has 0 bridgehead atoms. The topological polar surface area (TPSA) is 42.1 Å². The van der Waals surface area contributed by atoms with Crippen LogP contribution in [0.1, 0.15) is 35.2 Å². The van der Waals surface area contributed by atoms with E-state index in [1.54, 1.807) is 0 Å². The van der Waals surface area contributed by atoms with E-state index in [-0.39, 0.29) is 11.9 Å². The molecule has 3 rings (SSSR count). The molecular weight excluding hydrogens is 226 g/mol. The molecule has 0 radical (unpaired) electrons. The minimum Gasteiger partial charge on any atom is -0.378 e. The zero-order valence-electron chi connectivity index (χ0n) is 10.5. The first-order chi connectivity index (χ1) is 8.74. The Hall–Kier alpha value is -1.61. The number of hydrogen-bond acceptors (Lipinski definition) is 2. The van der Waals surface area contributed by atoms with E-state index in [1.807, 2.05) is 25.3 Å². The predicted molar refractivity (Wildman–Crippen MR) is 71.0 cm³/mol. The molecule has 3 nitrogen and oxygen atoms in total. The van der Waals surface area contributed by atoms with Crippen LogP contribution < -0.4 is 0 Å². The van der Waals surface area contributed by atoms with E-state index >= 15 is 0 Å². The van der Waals surface area contributed by atoms with Crippen molar-refractivity contribution in [1.29, 1.82) is 0 Å². The van der Waals surface area contributed by atoms with Crippen LogP contribution in [0.5, 0.6) is 0 Å². The van der Waals surface area contributed by atoms with E-state index in [4.69, 9.17) is 4.74 Å². The Bertz CT molecular complexity index is 579. The van der Waals surface area contributed by atoms with Crippen LogP contribution in [0.25, 0.3) is 10.9 Å². The molecule has 1 aromatic carbocycles. The maximum Gasteiger partial charge on any atom is 0.167 e. The number of ketones is 1. The quantitative estimate of drug-likeness (QED) is 0.841. The van der Waals surface area contributed by atoms with Gasteiger partial charge in [0.05, 0.1) is 6.10 Å². The highest BCUT2D eigenvalue weighted by Crippen LogP contribution is 2.23. The second kappa shape index (κ2) is 4.58. The minimum atomic E-state index is 0.118. The zero-order valence-corrected chi connectivity index (χ0v) is 10.5. The summed E-state index contributed by atoms with van der Waals surface area (Å²) in [7, 11) is 0. The lowest BCUT2D eigenvalue weighted by atomic mass is 10.0. The largest absolute Gasteiger partial charge is 0.378 e. The Balaban J connectivity index is 1.86. The molecule has 1 N–H and O–H groups in total. The van der Waals surface area contributed by atoms with Crippen LogP contribution in [0.2, 0.25) is 0 Å². The molecule has 18 heavy (non-hydrogen) atoms. The fraction of sp³-hybridized carbons (Fsp3) is 0.400. The summed E-state index contributed by atoms with van der Waals surface area (Å²) >= 11 is 0. The van der Waals surface area contributed by atoms with E-state index in [9.17, 15) is 4.79 Å². The van der Waals surface area contributed by atoms with Crippen molar-refractivity contribution in [2.75, 3.05) is 6.61 Å². The summed E-state index contributed by atoms with van der Waals surface area (Å²) in [6, 6.07) is 6.13. The van der Waals surface area contributed by atoms with E-state index in [2.05, 4.69) is 11.1 Å². The average molecular weight is 243 g/mol. The molecule has 1 fully saturated rings. The third kappa shape index (κ3) is 2.06. The molecule has 1 aromatic heterocycles. The van der Waals surface area contributed by atoms with E-state index in [1.165, 1.54) is 5.56 Å². The Morgan fingerprint density at radius 1 is 1.50 bits per heavy atom. The fourth-order valence-electron chi connectivity index (χ4n) is 2.59. The van der Waals surface area contributed by atoms with Crippen LogP contribution in [-0.4, -0.2) is 23.5 Å². The molecule has 3 heteroatoms. The molecule has 0 amide bonds. The third-order valence-corrected chi connectivity index (χ3v) is 3.57. The molecule has 1 unspecified atom stereocenters. The molecular formula is C15H17NO2. The van der Waals surface area contributed by atoms with Gasteiger partial charge in [0.2, 0.25) is 0 Å². The average Bonchev–Trinajstić information content (AvgIpc) is 2.97. The van der Waals surface area contributed by atoms with Gasteiger partial charge in [-0.15, -0.1) is 0 Å². The number of rotatable bonds is 3. The monoisotopic (exact) mass is 243 g/mol. The van der Waals surface area contributed by atoms with Crippen LogP contribution in [0.4, 0.5) is 0 Å². The Morgan fingerprint density at radius 2 is 2.39 bits per heavy atom. The number of carbonyl (C=O) groups is 1. The standard InChI is InChI=1S/C15H17NO2/c1-10-4-5-12-13(9-16-14(12)7-10)15(17)8-11-3-2-6-18-11/h4-5,7,9,11,16H,2-3,6,8H2,1H3. The second-order valence-electron chi connectivity index (χ2n) is 5.01. The van der Waals surface area contributed by atoms with Crippen molar-refractivity contribution in [3.05, 3.63) is 35.5 Å². The molecule has 94 valence electrons. The van der Waals surface area contributed by atoms with Crippen LogP contribution in [0.15, 0.2) is 24.4 Å². The first-order valence-corrected chi connectivity index (χ1v) is 6.46. The van der Waals surface area contributed by atoms with Crippen LogP contribution in [-0.2, 0) is 4.74 Å². The number of aromatic amines is 1. The van der Waals surface area contributed by atoms with Gasteiger partial charge in [0, 0.05) is 35.7 Å². The Kier molecular flexibility index (Phi) is 2.92. The first-order valence-electron chi connectivity index (χ1n) is 6.46. The third-order valence-electron chi connectivity index (χ3n) is 3.57. The van der Waals surface area contributed by atoms with Crippen molar-refractivity contribution in [2.24, 2.45) is 0 Å². The number of Topliss-reactive ketones (excluding diaryl/α,β-unsaturated/α-hetero) is 1. The summed E-state index contributed by atoms with van der Waals surface area (Å²) in [6.07, 6.45) is 4.52. The van der Waals surface area contributed by atoms with Gasteiger partial charge in [0.1, 0.15) is 0 Å². The number of aromatic nitrogens is 1. The molecule has 1 atom stereocenters. The van der Waals surface area contributed by atoms with Gasteiger partial charge in [0.25, 0.3) is 0 Å². The van der Waals surface area contributed by atoms with Crippen molar-refractivity contribution in [3.63, 3.8) is 0 Å². The molecule has 0 saturated carbocycles. The summed E-state index contributed by atoms with van der Waals surface area (Å²) in [4.78, 5) is 15.4. The number of hydrogen-bond donors (Lipinski definition) is 1. The van der Waals surface area contributed by atoms with Crippen molar-refractivity contribution < 1.29 is 9.53 Å². The highest BCUT2D eigenvalue weighted by Gasteiger charge is 2.21. The predicted octanol–water partition coefficient (Wildman–Crippen LogP) is 3.23. The van der Waals surface area contributed by atoms with Crippen molar-refractivity contribution in [1.82, 2.24) is 4.98 Å². The van der Waals surface area contributed by atoms with Gasteiger partial charge in [-0.25, -0.2) is 0 Å². The molecule has 0 aliphatic carbocycles. The second-order valence-corrected chi connectivity index (χ2v) is 5.01. The maximum absolute atomic E-state index is 12.3. The Morgan fingerprint density at radius 3 is 3.17 bits per heavy atom. The van der Waals surface area contributed by atoms with Crippen molar-refractivity contribution >= 4 is 16.7 Å². The Labute approximate surface area is 106 Å². The number of nitrogens with one attached hydrogen (secondary N) is 1. The minimum absolute atomic E-state index is 0.118. The lowest BCUT2D eigenvalue weighted by molar-refractivity contribution is 0.0777. The van der Waals surface area contributed by atoms with Gasteiger partial charge >= 0.3 is 0 Å². The summed E-state index contributed by atoms with van der Waals surface area (Å²) < 4.78 is 5.52. The highest BCUT2D eigenvalue weighted by atomic mass is 16.5. The summed E-state index contributed by atoms with van der Waals surface area (Å²) in [5, 5.41) is 1.02. The molecule has 1 saturated heterocycles. The van der Waals surface area contributed by atoms with Gasteiger partial charge < -0.3 is 9.72 Å². The van der Waals surface area contributed by atoms with Crippen molar-refractivity contribution in [2.45, 2.75) is 32.3 Å². The van der Waals surface area contributed by atoms with E-state index in [0.29, 0.717) is 6.42 Å². The van der Waals surface area contributed by atoms with Gasteiger partial charge in [0.15, 0.2) is 5.78 Å². The number of aryl methyl sites for hydroxylation is 1. The summed E-state index contributed by atoms with van der Waals surface area (Å²) in [6.45, 7) is 2.85. The van der Waals surface area contributed by atoms with Gasteiger partial charge in [-0.3, -0.25) is 4.79 Å². The molecule has 0 spiro atoms. The van der Waals surface area contributed by atoms with E-state index in [0.717, 1.165) is 35.9 Å². The van der Waals surface area contributed by atoms with Crippen LogP contribution >= 0.6 is 0 Å². The first kappa shape index (κ1) is 11.5.